The van der Waals surface area contributed by atoms with Crippen molar-refractivity contribution in [2.75, 3.05) is 14.1 Å². The van der Waals surface area contributed by atoms with Crippen LogP contribution in [-0.4, -0.2) is 41.3 Å². The van der Waals surface area contributed by atoms with E-state index in [4.69, 9.17) is 0 Å². The smallest absolute Gasteiger partial charge is 0.257 e. The van der Waals surface area contributed by atoms with Crippen molar-refractivity contribution in [3.8, 4) is 28.8 Å². The first-order valence-corrected chi connectivity index (χ1v) is 9.98. The number of hydrogen-bond acceptors (Lipinski definition) is 4. The highest BCUT2D eigenvalue weighted by Crippen LogP contribution is 2.36. The summed E-state index contributed by atoms with van der Waals surface area (Å²) in [6.07, 6.45) is 2.44. The van der Waals surface area contributed by atoms with Crippen LogP contribution in [-0.2, 0) is 0 Å². The molecule has 156 valence electrons. The molecule has 0 saturated heterocycles. The van der Waals surface area contributed by atoms with Crippen LogP contribution in [0.3, 0.4) is 0 Å². The first-order valence-electron chi connectivity index (χ1n) is 9.98. The Labute approximate surface area is 186 Å². The number of aldehydes is 1. The summed E-state index contributed by atoms with van der Waals surface area (Å²) < 4.78 is 0. The van der Waals surface area contributed by atoms with Crippen molar-refractivity contribution in [2.45, 2.75) is 0 Å². The number of carbonyl (C=O) groups excluding carboxylic acids is 2. The minimum atomic E-state index is -0.286. The molecule has 5 nitrogen and oxygen atoms in total. The van der Waals surface area contributed by atoms with E-state index in [0.29, 0.717) is 27.8 Å². The zero-order chi connectivity index (χ0) is 22.7. The summed E-state index contributed by atoms with van der Waals surface area (Å²) in [6, 6.07) is 19.9. The Morgan fingerprint density at radius 1 is 0.969 bits per heavy atom. The van der Waals surface area contributed by atoms with Gasteiger partial charge in [0.15, 0.2) is 6.29 Å². The molecule has 1 N–H and O–H groups in total. The molecule has 4 rings (SSSR count). The number of hydrogen-bond donors (Lipinski definition) is 1. The molecule has 4 aromatic rings. The molecule has 0 aliphatic heterocycles. The number of amides is 1. The topological polar surface area (TPSA) is 70.5 Å². The van der Waals surface area contributed by atoms with Crippen LogP contribution < -0.4 is 0 Å². The lowest BCUT2D eigenvalue weighted by molar-refractivity contribution is 0.0825. The second-order valence-corrected chi connectivity index (χ2v) is 7.45. The van der Waals surface area contributed by atoms with E-state index in [9.17, 15) is 14.7 Å². The van der Waals surface area contributed by atoms with Crippen LogP contribution in [0.1, 0.15) is 31.8 Å². The molecule has 3 aromatic carbocycles. The van der Waals surface area contributed by atoms with E-state index in [-0.39, 0.29) is 17.2 Å². The number of carbonyl (C=O) groups is 2. The van der Waals surface area contributed by atoms with E-state index in [1.165, 1.54) is 4.90 Å². The van der Waals surface area contributed by atoms with Gasteiger partial charge in [-0.05, 0) is 29.7 Å². The predicted molar refractivity (Wildman–Crippen MR) is 125 cm³/mol. The number of phenolic OH excluding ortho intramolecular Hbond substituents is 1. The van der Waals surface area contributed by atoms with Gasteiger partial charge in [-0.2, -0.15) is 0 Å². The second kappa shape index (κ2) is 8.75. The number of aromatic hydroxyl groups is 1. The molecule has 0 radical (unpaired) electrons. The maximum absolute atomic E-state index is 12.6. The Morgan fingerprint density at radius 2 is 1.69 bits per heavy atom. The van der Waals surface area contributed by atoms with Crippen molar-refractivity contribution >= 4 is 23.0 Å². The van der Waals surface area contributed by atoms with Gasteiger partial charge in [-0.1, -0.05) is 54.3 Å². The van der Waals surface area contributed by atoms with Crippen LogP contribution >= 0.6 is 0 Å². The summed E-state index contributed by atoms with van der Waals surface area (Å²) in [7, 11) is 3.29. The number of aromatic nitrogens is 1. The molecular weight excluding hydrogens is 400 g/mol. The summed E-state index contributed by atoms with van der Waals surface area (Å²) in [5.74, 6) is 5.71. The Balaban J connectivity index is 1.77. The largest absolute Gasteiger partial charge is 0.506 e. The van der Waals surface area contributed by atoms with Crippen molar-refractivity contribution < 1.29 is 14.7 Å². The molecular formula is C27H20N2O3. The highest BCUT2D eigenvalue weighted by Gasteiger charge is 2.19. The number of pyridine rings is 1. The molecule has 0 aliphatic carbocycles. The lowest BCUT2D eigenvalue weighted by Gasteiger charge is -2.15. The molecule has 5 heteroatoms. The molecule has 1 amide bonds. The second-order valence-electron chi connectivity index (χ2n) is 7.45. The molecule has 0 aliphatic rings. The van der Waals surface area contributed by atoms with Gasteiger partial charge in [-0.25, -0.2) is 0 Å². The van der Waals surface area contributed by atoms with Crippen molar-refractivity contribution in [2.24, 2.45) is 0 Å². The fraction of sp³-hybridized carbons (Fsp3) is 0.0741. The number of benzene rings is 3. The maximum atomic E-state index is 12.6. The van der Waals surface area contributed by atoms with Gasteiger partial charge in [0.25, 0.3) is 5.91 Å². The van der Waals surface area contributed by atoms with Crippen LogP contribution in [0.4, 0.5) is 0 Å². The maximum Gasteiger partial charge on any atom is 0.257 e. The molecule has 1 heterocycles. The summed E-state index contributed by atoms with van der Waals surface area (Å²) in [4.78, 5) is 29.8. The molecule has 32 heavy (non-hydrogen) atoms. The third-order valence-electron chi connectivity index (χ3n) is 5.12. The minimum Gasteiger partial charge on any atom is -0.506 e. The van der Waals surface area contributed by atoms with E-state index in [1.807, 2.05) is 36.4 Å². The van der Waals surface area contributed by atoms with Gasteiger partial charge >= 0.3 is 0 Å². The van der Waals surface area contributed by atoms with Crippen LogP contribution in [0, 0.1) is 11.8 Å². The first kappa shape index (κ1) is 20.8. The molecule has 0 fully saturated rings. The average Bonchev–Trinajstić information content (AvgIpc) is 2.83. The van der Waals surface area contributed by atoms with Crippen molar-refractivity contribution in [1.29, 1.82) is 0 Å². The number of nitrogens with zero attached hydrogens (tertiary/aromatic N) is 2. The predicted octanol–water partition coefficient (Wildman–Crippen LogP) is 4.52. The standard InChI is InChI=1S/C27H20N2O3/c1-29(2)27(32)24-15-23(21-9-5-6-10-22(21)26(24)31)25-14-12-18(16-28-25)11-13-19-7-3-4-8-20(19)17-30/h3-10,12,14-17,31H,1-2H3. The Morgan fingerprint density at radius 3 is 2.38 bits per heavy atom. The fourth-order valence-corrected chi connectivity index (χ4v) is 3.46. The highest BCUT2D eigenvalue weighted by molar-refractivity contribution is 6.08. The number of rotatable bonds is 3. The van der Waals surface area contributed by atoms with Gasteiger partial charge in [-0.3, -0.25) is 14.6 Å². The molecule has 1 aromatic heterocycles. The first-order chi connectivity index (χ1) is 15.5. The zero-order valence-electron chi connectivity index (χ0n) is 17.7. The quantitative estimate of drug-likeness (QED) is 0.391. The average molecular weight is 420 g/mol. The Bertz CT molecular complexity index is 1390. The SMILES string of the molecule is CN(C)C(=O)c1cc(-c2ccc(C#Cc3ccccc3C=O)cn2)c2ccccc2c1O. The molecule has 0 saturated carbocycles. The van der Waals surface area contributed by atoms with E-state index < -0.39 is 0 Å². The van der Waals surface area contributed by atoms with Gasteiger partial charge in [-0.15, -0.1) is 0 Å². The zero-order valence-corrected chi connectivity index (χ0v) is 17.7. The summed E-state index contributed by atoms with van der Waals surface area (Å²) in [6.45, 7) is 0. The van der Waals surface area contributed by atoms with Gasteiger partial charge in [0.05, 0.1) is 11.3 Å². The molecule has 0 atom stereocenters. The van der Waals surface area contributed by atoms with E-state index in [2.05, 4.69) is 16.8 Å². The Hall–Kier alpha value is -4.43. The molecule has 0 unspecified atom stereocenters. The van der Waals surface area contributed by atoms with Crippen LogP contribution in [0.15, 0.2) is 72.9 Å². The lowest BCUT2D eigenvalue weighted by atomic mass is 9.96. The van der Waals surface area contributed by atoms with Gasteiger partial charge in [0, 0.05) is 47.9 Å². The Kier molecular flexibility index (Phi) is 5.69. The summed E-state index contributed by atoms with van der Waals surface area (Å²) in [5, 5.41) is 12.1. The minimum absolute atomic E-state index is 0.0422. The summed E-state index contributed by atoms with van der Waals surface area (Å²) >= 11 is 0. The lowest BCUT2D eigenvalue weighted by Crippen LogP contribution is -2.21. The van der Waals surface area contributed by atoms with Gasteiger partial charge in [0.2, 0.25) is 0 Å². The van der Waals surface area contributed by atoms with Crippen LogP contribution in [0.25, 0.3) is 22.0 Å². The third kappa shape index (κ3) is 3.94. The highest BCUT2D eigenvalue weighted by atomic mass is 16.3. The van der Waals surface area contributed by atoms with Crippen molar-refractivity contribution in [1.82, 2.24) is 9.88 Å². The summed E-state index contributed by atoms with van der Waals surface area (Å²) in [5.41, 5.74) is 3.52. The number of fused-ring (bicyclic) bond motifs is 1. The number of phenols is 1. The van der Waals surface area contributed by atoms with Gasteiger partial charge in [0.1, 0.15) is 5.75 Å². The van der Waals surface area contributed by atoms with Gasteiger partial charge < -0.3 is 10.0 Å². The van der Waals surface area contributed by atoms with Crippen LogP contribution in [0.2, 0.25) is 0 Å². The molecule has 0 spiro atoms. The van der Waals surface area contributed by atoms with Crippen LogP contribution in [0.5, 0.6) is 5.75 Å². The third-order valence-corrected chi connectivity index (χ3v) is 5.12. The van der Waals surface area contributed by atoms with E-state index in [1.54, 1.807) is 50.6 Å². The monoisotopic (exact) mass is 420 g/mol. The van der Waals surface area contributed by atoms with Crippen molar-refractivity contribution in [3.05, 3.63) is 95.2 Å². The normalized spacial score (nSPS) is 10.3. The van der Waals surface area contributed by atoms with Crippen molar-refractivity contribution in [3.63, 3.8) is 0 Å². The van der Waals surface area contributed by atoms with E-state index in [0.717, 1.165) is 17.2 Å². The molecule has 0 bridgehead atoms. The van der Waals surface area contributed by atoms with E-state index >= 15 is 0 Å². The fourth-order valence-electron chi connectivity index (χ4n) is 3.46.